The molecule has 20 heavy (non-hydrogen) atoms. The van der Waals surface area contributed by atoms with E-state index in [-0.39, 0.29) is 11.9 Å². The van der Waals surface area contributed by atoms with Crippen LogP contribution in [0.3, 0.4) is 0 Å². The van der Waals surface area contributed by atoms with E-state index in [2.05, 4.69) is 0 Å². The first-order valence-corrected chi connectivity index (χ1v) is 6.76. The van der Waals surface area contributed by atoms with Gasteiger partial charge in [0.2, 0.25) is 0 Å². The van der Waals surface area contributed by atoms with Crippen molar-refractivity contribution in [2.45, 2.75) is 32.4 Å². The molecular formula is C14H20N2O4. The largest absolute Gasteiger partial charge is 0.480 e. The smallest absolute Gasteiger partial charge is 0.326 e. The zero-order chi connectivity index (χ0) is 14.7. The molecular weight excluding hydrogens is 260 g/mol. The second-order valence-corrected chi connectivity index (χ2v) is 5.37. The van der Waals surface area contributed by atoms with Crippen molar-refractivity contribution in [3.63, 3.8) is 0 Å². The maximum Gasteiger partial charge on any atom is 0.326 e. The Hall–Kier alpha value is -1.98. The Morgan fingerprint density at radius 1 is 1.55 bits per heavy atom. The maximum absolute atomic E-state index is 12.4. The first-order chi connectivity index (χ1) is 9.50. The van der Waals surface area contributed by atoms with Gasteiger partial charge in [0.05, 0.1) is 19.1 Å². The Morgan fingerprint density at radius 2 is 2.30 bits per heavy atom. The zero-order valence-electron chi connectivity index (χ0n) is 11.8. The van der Waals surface area contributed by atoms with Gasteiger partial charge in [-0.3, -0.25) is 0 Å². The van der Waals surface area contributed by atoms with E-state index < -0.39 is 12.0 Å². The van der Waals surface area contributed by atoms with Gasteiger partial charge in [-0.2, -0.15) is 0 Å². The number of nitrogens with zero attached hydrogens (tertiary/aromatic N) is 2. The number of carboxylic acids is 1. The third-order valence-corrected chi connectivity index (χ3v) is 3.76. The van der Waals surface area contributed by atoms with Crippen LogP contribution in [0.25, 0.3) is 0 Å². The summed E-state index contributed by atoms with van der Waals surface area (Å²) < 4.78 is 4.97. The summed E-state index contributed by atoms with van der Waals surface area (Å²) in [5, 5.41) is 9.34. The summed E-state index contributed by atoms with van der Waals surface area (Å²) in [6, 6.07) is 0.810. The van der Waals surface area contributed by atoms with Gasteiger partial charge in [-0.25, -0.2) is 9.59 Å². The molecule has 0 spiro atoms. The molecule has 1 fully saturated rings. The summed E-state index contributed by atoms with van der Waals surface area (Å²) in [5.41, 5.74) is 0.887. The van der Waals surface area contributed by atoms with Crippen molar-refractivity contribution in [2.24, 2.45) is 5.92 Å². The van der Waals surface area contributed by atoms with E-state index >= 15 is 0 Å². The van der Waals surface area contributed by atoms with E-state index in [1.165, 1.54) is 9.80 Å². The summed E-state index contributed by atoms with van der Waals surface area (Å²) >= 11 is 0. The van der Waals surface area contributed by atoms with Crippen molar-refractivity contribution in [3.8, 4) is 0 Å². The van der Waals surface area contributed by atoms with Gasteiger partial charge in [0.15, 0.2) is 0 Å². The average Bonchev–Trinajstić information content (AvgIpc) is 2.89. The molecule has 0 saturated carbocycles. The Kier molecular flexibility index (Phi) is 4.32. The molecule has 1 aliphatic heterocycles. The van der Waals surface area contributed by atoms with Crippen LogP contribution in [0.4, 0.5) is 4.79 Å². The van der Waals surface area contributed by atoms with Crippen LogP contribution in [0, 0.1) is 5.92 Å². The number of urea groups is 1. The second kappa shape index (κ2) is 5.98. The van der Waals surface area contributed by atoms with Crippen LogP contribution in [-0.2, 0) is 11.3 Å². The third-order valence-electron chi connectivity index (χ3n) is 3.76. The van der Waals surface area contributed by atoms with E-state index in [0.29, 0.717) is 13.1 Å². The van der Waals surface area contributed by atoms with E-state index in [9.17, 15) is 14.7 Å². The van der Waals surface area contributed by atoms with Gasteiger partial charge in [-0.1, -0.05) is 6.92 Å². The number of amides is 2. The molecule has 0 radical (unpaired) electrons. The predicted molar refractivity (Wildman–Crippen MR) is 72.1 cm³/mol. The summed E-state index contributed by atoms with van der Waals surface area (Å²) in [6.07, 6.45) is 4.82. The highest BCUT2D eigenvalue weighted by atomic mass is 16.4. The van der Waals surface area contributed by atoms with E-state index in [0.717, 1.165) is 18.4 Å². The summed E-state index contributed by atoms with van der Waals surface area (Å²) in [5.74, 6) is -0.949. The summed E-state index contributed by atoms with van der Waals surface area (Å²) in [7, 11) is 1.67. The zero-order valence-corrected chi connectivity index (χ0v) is 11.8. The minimum Gasteiger partial charge on any atom is -0.480 e. The fourth-order valence-electron chi connectivity index (χ4n) is 2.72. The lowest BCUT2D eigenvalue weighted by atomic mass is 9.91. The number of carbonyl (C=O) groups excluding carboxylic acids is 1. The van der Waals surface area contributed by atoms with Gasteiger partial charge in [-0.05, 0) is 24.8 Å². The molecule has 1 aromatic heterocycles. The minimum absolute atomic E-state index is 0.0208. The number of likely N-dealkylation sites (tertiary alicyclic amines) is 1. The fraction of sp³-hybridized carbons (Fsp3) is 0.571. The van der Waals surface area contributed by atoms with Crippen LogP contribution >= 0.6 is 0 Å². The van der Waals surface area contributed by atoms with Crippen molar-refractivity contribution in [2.75, 3.05) is 13.6 Å². The highest BCUT2D eigenvalue weighted by Gasteiger charge is 2.38. The normalized spacial score (nSPS) is 22.6. The van der Waals surface area contributed by atoms with Crippen molar-refractivity contribution in [1.29, 1.82) is 0 Å². The van der Waals surface area contributed by atoms with Crippen LogP contribution in [-0.4, -0.2) is 46.5 Å². The van der Waals surface area contributed by atoms with Crippen molar-refractivity contribution >= 4 is 12.0 Å². The number of carboxylic acid groups (broad SMARTS) is 1. The third kappa shape index (κ3) is 2.95. The monoisotopic (exact) mass is 280 g/mol. The van der Waals surface area contributed by atoms with Crippen LogP contribution < -0.4 is 0 Å². The number of hydrogen-bond donors (Lipinski definition) is 1. The maximum atomic E-state index is 12.4. The predicted octanol–water partition coefficient (Wildman–Crippen LogP) is 2.02. The minimum atomic E-state index is -0.928. The topological polar surface area (TPSA) is 74.0 Å². The Labute approximate surface area is 118 Å². The highest BCUT2D eigenvalue weighted by molar-refractivity contribution is 5.83. The lowest BCUT2D eigenvalue weighted by Crippen LogP contribution is -2.55. The molecule has 2 rings (SSSR count). The fourth-order valence-corrected chi connectivity index (χ4v) is 2.72. The lowest BCUT2D eigenvalue weighted by Gasteiger charge is -2.39. The van der Waals surface area contributed by atoms with E-state index in [1.54, 1.807) is 25.6 Å². The van der Waals surface area contributed by atoms with E-state index in [1.807, 2.05) is 6.92 Å². The number of furan rings is 1. The lowest BCUT2D eigenvalue weighted by molar-refractivity contribution is -0.145. The van der Waals surface area contributed by atoms with Crippen LogP contribution in [0.1, 0.15) is 25.3 Å². The van der Waals surface area contributed by atoms with Gasteiger partial charge >= 0.3 is 12.0 Å². The summed E-state index contributed by atoms with van der Waals surface area (Å²) in [4.78, 5) is 26.8. The van der Waals surface area contributed by atoms with Crippen LogP contribution in [0.5, 0.6) is 0 Å². The van der Waals surface area contributed by atoms with Gasteiger partial charge in [0.1, 0.15) is 6.04 Å². The molecule has 1 saturated heterocycles. The highest BCUT2D eigenvalue weighted by Crippen LogP contribution is 2.24. The molecule has 2 heterocycles. The number of hydrogen-bond acceptors (Lipinski definition) is 3. The number of piperidine rings is 1. The van der Waals surface area contributed by atoms with Gasteiger partial charge < -0.3 is 19.3 Å². The molecule has 6 nitrogen and oxygen atoms in total. The van der Waals surface area contributed by atoms with Gasteiger partial charge in [-0.15, -0.1) is 0 Å². The second-order valence-electron chi connectivity index (χ2n) is 5.37. The molecule has 2 unspecified atom stereocenters. The molecule has 1 aromatic rings. The number of aliphatic carboxylic acids is 1. The Balaban J connectivity index is 2.07. The quantitative estimate of drug-likeness (QED) is 0.919. The van der Waals surface area contributed by atoms with E-state index in [4.69, 9.17) is 4.42 Å². The molecule has 1 aliphatic rings. The molecule has 1 N–H and O–H groups in total. The van der Waals surface area contributed by atoms with Crippen LogP contribution in [0.15, 0.2) is 23.0 Å². The number of rotatable bonds is 3. The standard InChI is InChI=1S/C14H20N2O4/c1-10-4-3-6-16(12(10)13(17)18)14(19)15(2)8-11-5-7-20-9-11/h5,7,9-10,12H,3-4,6,8H2,1-2H3,(H,17,18). The molecule has 6 heteroatoms. The van der Waals surface area contributed by atoms with Gasteiger partial charge in [0.25, 0.3) is 0 Å². The molecule has 0 bridgehead atoms. The molecule has 110 valence electrons. The SMILES string of the molecule is CC1CCCN(C(=O)N(C)Cc2ccoc2)C1C(=O)O. The van der Waals surface area contributed by atoms with Crippen molar-refractivity contribution in [3.05, 3.63) is 24.2 Å². The molecule has 2 amide bonds. The van der Waals surface area contributed by atoms with Gasteiger partial charge in [0, 0.05) is 19.2 Å². The molecule has 2 atom stereocenters. The summed E-state index contributed by atoms with van der Waals surface area (Å²) in [6.45, 7) is 2.79. The average molecular weight is 280 g/mol. The van der Waals surface area contributed by atoms with Crippen LogP contribution in [0.2, 0.25) is 0 Å². The van der Waals surface area contributed by atoms with Crippen molar-refractivity contribution in [1.82, 2.24) is 9.80 Å². The Morgan fingerprint density at radius 3 is 2.90 bits per heavy atom. The van der Waals surface area contributed by atoms with Crippen molar-refractivity contribution < 1.29 is 19.1 Å². The molecule has 0 aliphatic carbocycles. The first-order valence-electron chi connectivity index (χ1n) is 6.76. The molecule has 0 aromatic carbocycles. The Bertz CT molecular complexity index is 472. The first kappa shape index (κ1) is 14.4. The number of carbonyl (C=O) groups is 2.